The van der Waals surface area contributed by atoms with Crippen molar-refractivity contribution in [3.63, 3.8) is 0 Å². The number of esters is 1. The highest BCUT2D eigenvalue weighted by molar-refractivity contribution is 7.93. The molecule has 350 valence electrons. The number of cyclic esters (lactones) is 1. The van der Waals surface area contributed by atoms with Crippen molar-refractivity contribution in [2.75, 3.05) is 23.3 Å². The smallest absolute Gasteiger partial charge is 0.334 e. The molecule has 66 heavy (non-hydrogen) atoms. The number of hydrogen-bond donors (Lipinski definition) is 3. The monoisotopic (exact) mass is 965 g/mol. The fraction of sp³-hybridized carbons (Fsp3) is 0.314. The number of carbonyl (C=O) groups is 2. The standard InChI is InChI=1S/C29H33N3O5S2Si.C20H24O3Si.C2H6/c1-29(2,3)40(24-10-6-4-7-11-24,25-12-8-5-9-13-25)37-26(18-20-33)27(34)31-22-14-16-23(17-15-22)39(35,36)32-28-30-19-21-38-28;1-20(2,3)24(16-10-6-4-7-11-16,17-12-8-5-9-13-17)23-18-14-15-22-19(18)21;1-2/h4-17,19,21,26,33H,18,20H2,1-3H3,(H,30,32)(H,31,34);4-13,18H,14-15H2,1-3H3;1-2H3. The molecule has 1 saturated heterocycles. The van der Waals surface area contributed by atoms with Crippen LogP contribution in [0.1, 0.15) is 68.2 Å². The minimum absolute atomic E-state index is 0.0381. The van der Waals surface area contributed by atoms with Crippen LogP contribution in [0, 0.1) is 0 Å². The van der Waals surface area contributed by atoms with E-state index in [0.717, 1.165) is 10.4 Å². The van der Waals surface area contributed by atoms with Crippen LogP contribution in [0.3, 0.4) is 0 Å². The number of ether oxygens (including phenoxy) is 1. The van der Waals surface area contributed by atoms with Gasteiger partial charge in [-0.1, -0.05) is 177 Å². The van der Waals surface area contributed by atoms with Crippen LogP contribution in [0.5, 0.6) is 0 Å². The number of sulfonamides is 1. The quantitative estimate of drug-likeness (QED) is 0.0685. The molecule has 3 N–H and O–H groups in total. The largest absolute Gasteiger partial charge is 0.464 e. The number of aliphatic hydroxyl groups excluding tert-OH is 1. The summed E-state index contributed by atoms with van der Waals surface area (Å²) in [5, 5.41) is 18.6. The molecule has 7 rings (SSSR count). The molecule has 1 aliphatic heterocycles. The number of thiazole rings is 1. The van der Waals surface area contributed by atoms with E-state index in [4.69, 9.17) is 13.6 Å². The van der Waals surface area contributed by atoms with Gasteiger partial charge in [-0.3, -0.25) is 9.52 Å². The molecule has 2 atom stereocenters. The summed E-state index contributed by atoms with van der Waals surface area (Å²) in [6.07, 6.45) is 0.811. The molecule has 0 aliphatic carbocycles. The molecular formula is C51H63N3O8S2Si2. The second-order valence-corrected chi connectivity index (χ2v) is 28.5. The van der Waals surface area contributed by atoms with E-state index in [0.29, 0.717) is 18.7 Å². The Morgan fingerprint density at radius 2 is 1.21 bits per heavy atom. The number of aromatic nitrogens is 1. The van der Waals surface area contributed by atoms with Crippen LogP contribution in [0.15, 0.2) is 162 Å². The van der Waals surface area contributed by atoms with E-state index in [1.54, 1.807) is 5.38 Å². The highest BCUT2D eigenvalue weighted by Gasteiger charge is 2.54. The predicted molar refractivity (Wildman–Crippen MR) is 272 cm³/mol. The molecule has 0 radical (unpaired) electrons. The number of aliphatic hydroxyl groups is 1. The molecule has 0 bridgehead atoms. The maximum atomic E-state index is 13.6. The number of benzene rings is 5. The topological polar surface area (TPSA) is 153 Å². The van der Waals surface area contributed by atoms with Gasteiger partial charge in [-0.05, 0) is 55.1 Å². The van der Waals surface area contributed by atoms with Crippen molar-refractivity contribution in [1.82, 2.24) is 4.98 Å². The third-order valence-electron chi connectivity index (χ3n) is 11.1. The molecule has 2 heterocycles. The van der Waals surface area contributed by atoms with Gasteiger partial charge in [-0.2, -0.15) is 0 Å². The van der Waals surface area contributed by atoms with Crippen molar-refractivity contribution in [2.45, 2.75) is 95.4 Å². The van der Waals surface area contributed by atoms with Crippen molar-refractivity contribution >= 4 is 81.4 Å². The number of amides is 1. The number of hydrogen-bond acceptors (Lipinski definition) is 10. The van der Waals surface area contributed by atoms with Crippen molar-refractivity contribution in [2.24, 2.45) is 0 Å². The van der Waals surface area contributed by atoms with E-state index in [9.17, 15) is 23.1 Å². The Labute approximate surface area is 396 Å². The molecule has 2 unspecified atom stereocenters. The van der Waals surface area contributed by atoms with E-state index >= 15 is 0 Å². The van der Waals surface area contributed by atoms with Crippen LogP contribution >= 0.6 is 11.3 Å². The number of nitrogens with zero attached hydrogens (tertiary/aromatic N) is 1. The Kier molecular flexibility index (Phi) is 18.0. The summed E-state index contributed by atoms with van der Waals surface area (Å²) in [6.45, 7) is 17.2. The van der Waals surface area contributed by atoms with Crippen LogP contribution in [-0.2, 0) is 33.2 Å². The second-order valence-electron chi connectivity index (χ2n) is 17.5. The summed E-state index contributed by atoms with van der Waals surface area (Å²) in [4.78, 5) is 29.7. The van der Waals surface area contributed by atoms with Crippen LogP contribution in [-0.4, -0.2) is 72.4 Å². The first-order chi connectivity index (χ1) is 31.5. The lowest BCUT2D eigenvalue weighted by atomic mass is 10.2. The maximum absolute atomic E-state index is 13.6. The van der Waals surface area contributed by atoms with E-state index in [-0.39, 0.29) is 39.1 Å². The Morgan fingerprint density at radius 3 is 1.59 bits per heavy atom. The molecule has 1 aromatic heterocycles. The highest BCUT2D eigenvalue weighted by Crippen LogP contribution is 2.39. The Balaban J connectivity index is 0.000000267. The molecule has 5 aromatic carbocycles. The van der Waals surface area contributed by atoms with Gasteiger partial charge in [0.2, 0.25) is 0 Å². The summed E-state index contributed by atoms with van der Waals surface area (Å²) >= 11 is 1.18. The summed E-state index contributed by atoms with van der Waals surface area (Å²) in [5.74, 6) is -0.651. The fourth-order valence-corrected chi connectivity index (χ4v) is 19.3. The predicted octanol–water partition coefficient (Wildman–Crippen LogP) is 8.11. The normalized spacial score (nSPS) is 14.7. The van der Waals surface area contributed by atoms with Crippen molar-refractivity contribution < 1.29 is 36.7 Å². The summed E-state index contributed by atoms with van der Waals surface area (Å²) < 4.78 is 46.6. The molecule has 1 amide bonds. The van der Waals surface area contributed by atoms with E-state index in [1.807, 2.05) is 111 Å². The van der Waals surface area contributed by atoms with Crippen molar-refractivity contribution in [3.05, 3.63) is 157 Å². The number of nitrogens with one attached hydrogen (secondary N) is 2. The Morgan fingerprint density at radius 1 is 0.758 bits per heavy atom. The van der Waals surface area contributed by atoms with Gasteiger partial charge in [0.05, 0.1) is 11.5 Å². The first-order valence-corrected chi connectivity index (χ1v) is 28.4. The third-order valence-corrected chi connectivity index (χ3v) is 23.4. The fourth-order valence-electron chi connectivity index (χ4n) is 8.14. The van der Waals surface area contributed by atoms with Crippen molar-refractivity contribution in [1.29, 1.82) is 0 Å². The second kappa shape index (κ2) is 23.0. The average Bonchev–Trinajstić information content (AvgIpc) is 3.99. The first kappa shape index (κ1) is 51.7. The van der Waals surface area contributed by atoms with Gasteiger partial charge in [-0.15, -0.1) is 11.3 Å². The zero-order chi connectivity index (χ0) is 48.0. The van der Waals surface area contributed by atoms with Crippen LogP contribution in [0.2, 0.25) is 10.1 Å². The van der Waals surface area contributed by atoms with Crippen molar-refractivity contribution in [3.8, 4) is 0 Å². The van der Waals surface area contributed by atoms with Gasteiger partial charge >= 0.3 is 5.97 Å². The molecule has 0 saturated carbocycles. The first-order valence-electron chi connectivity index (χ1n) is 22.2. The van der Waals surface area contributed by atoms with Gasteiger partial charge in [-0.25, -0.2) is 18.2 Å². The Hall–Kier alpha value is -5.27. The van der Waals surface area contributed by atoms with Crippen LogP contribution in [0.25, 0.3) is 0 Å². The number of rotatable bonds is 15. The number of carbonyl (C=O) groups excluding carboxylic acids is 2. The SMILES string of the molecule is CC.CC(C)(C)[Si](OC(CCO)C(=O)Nc1ccc(S(=O)(=O)Nc2nccs2)cc1)(c1ccccc1)c1ccccc1.CC(C)(C)[Si](OC1CCOC1=O)(c1ccccc1)c1ccccc1. The van der Waals surface area contributed by atoms with Crippen LogP contribution < -0.4 is 30.8 Å². The molecular weight excluding hydrogens is 903 g/mol. The molecule has 15 heteroatoms. The summed E-state index contributed by atoms with van der Waals surface area (Å²) in [5.41, 5.74) is 0.409. The molecule has 1 aliphatic rings. The summed E-state index contributed by atoms with van der Waals surface area (Å²) in [7, 11) is -9.54. The molecule has 1 fully saturated rings. The molecule has 11 nitrogen and oxygen atoms in total. The zero-order valence-corrected chi connectivity index (χ0v) is 42.7. The molecule has 0 spiro atoms. The minimum atomic E-state index is -3.82. The zero-order valence-electron chi connectivity index (χ0n) is 39.1. The van der Waals surface area contributed by atoms with E-state index in [2.05, 4.69) is 80.8 Å². The lowest BCUT2D eigenvalue weighted by molar-refractivity contribution is -0.143. The van der Waals surface area contributed by atoms with Gasteiger partial charge in [0.25, 0.3) is 32.6 Å². The van der Waals surface area contributed by atoms with Crippen LogP contribution in [0.4, 0.5) is 10.8 Å². The van der Waals surface area contributed by atoms with E-state index in [1.165, 1.54) is 52.2 Å². The Bertz CT molecular complexity index is 2440. The molecule has 6 aromatic rings. The van der Waals surface area contributed by atoms with E-state index < -0.39 is 44.8 Å². The maximum Gasteiger partial charge on any atom is 0.334 e. The van der Waals surface area contributed by atoms with Gasteiger partial charge in [0.1, 0.15) is 12.2 Å². The third kappa shape index (κ3) is 12.0. The van der Waals surface area contributed by atoms with Gasteiger partial charge in [0, 0.05) is 36.7 Å². The summed E-state index contributed by atoms with van der Waals surface area (Å²) in [6, 6.07) is 46.5. The van der Waals surface area contributed by atoms with Gasteiger partial charge in [0.15, 0.2) is 5.13 Å². The lowest BCUT2D eigenvalue weighted by Gasteiger charge is -2.44. The minimum Gasteiger partial charge on any atom is -0.464 e. The average molecular weight is 966 g/mol. The lowest BCUT2D eigenvalue weighted by Crippen LogP contribution is -2.68. The number of anilines is 2. The highest BCUT2D eigenvalue weighted by atomic mass is 32.2. The van der Waals surface area contributed by atoms with Gasteiger partial charge < -0.3 is 24.0 Å².